The second-order valence-electron chi connectivity index (χ2n) is 3.68. The summed E-state index contributed by atoms with van der Waals surface area (Å²) in [6.45, 7) is 0. The SMILES string of the molecule is Cl.Cl.NC1CC2CCC1CC2. The third kappa shape index (κ3) is 2.24. The predicted octanol–water partition coefficient (Wildman–Crippen LogP) is 2.37. The molecule has 0 spiro atoms. The van der Waals surface area contributed by atoms with E-state index in [4.69, 9.17) is 5.73 Å². The van der Waals surface area contributed by atoms with E-state index in [0.29, 0.717) is 6.04 Å². The normalized spacial score (nSPS) is 40.6. The van der Waals surface area contributed by atoms with Gasteiger partial charge in [0.1, 0.15) is 0 Å². The minimum absolute atomic E-state index is 0. The first-order valence-corrected chi connectivity index (χ1v) is 4.12. The smallest absolute Gasteiger partial charge is 0.00698 e. The fourth-order valence-corrected chi connectivity index (χ4v) is 2.43. The molecule has 3 heteroatoms. The van der Waals surface area contributed by atoms with Crippen molar-refractivity contribution in [2.45, 2.75) is 38.1 Å². The second-order valence-corrected chi connectivity index (χ2v) is 3.68. The van der Waals surface area contributed by atoms with Crippen LogP contribution in [0.4, 0.5) is 0 Å². The molecule has 3 aliphatic rings. The summed E-state index contributed by atoms with van der Waals surface area (Å²) in [6.07, 6.45) is 7.11. The highest BCUT2D eigenvalue weighted by Gasteiger charge is 2.32. The van der Waals surface area contributed by atoms with Gasteiger partial charge in [-0.05, 0) is 31.1 Å². The van der Waals surface area contributed by atoms with Crippen LogP contribution in [-0.4, -0.2) is 6.04 Å². The average molecular weight is 198 g/mol. The first-order chi connectivity index (χ1) is 4.36. The molecule has 0 aromatic carbocycles. The van der Waals surface area contributed by atoms with Crippen LogP contribution in [-0.2, 0) is 0 Å². The standard InChI is InChI=1S/C8H15N.2ClH/c9-8-5-6-1-3-7(8)4-2-6;;/h6-8H,1-5,9H2;2*1H. The number of fused-ring (bicyclic) bond motifs is 3. The van der Waals surface area contributed by atoms with Crippen LogP contribution in [0.2, 0.25) is 0 Å². The third-order valence-corrected chi connectivity index (χ3v) is 3.10. The summed E-state index contributed by atoms with van der Waals surface area (Å²) in [6, 6.07) is 0.567. The van der Waals surface area contributed by atoms with Gasteiger partial charge in [0.2, 0.25) is 0 Å². The molecule has 1 nitrogen and oxygen atoms in total. The van der Waals surface area contributed by atoms with E-state index < -0.39 is 0 Å². The number of hydrogen-bond acceptors (Lipinski definition) is 1. The molecule has 0 saturated heterocycles. The molecule has 2 N–H and O–H groups in total. The zero-order chi connectivity index (χ0) is 6.27. The highest BCUT2D eigenvalue weighted by Crippen LogP contribution is 2.40. The van der Waals surface area contributed by atoms with Crippen molar-refractivity contribution in [2.24, 2.45) is 17.6 Å². The summed E-state index contributed by atoms with van der Waals surface area (Å²) in [5, 5.41) is 0. The molecule has 0 aliphatic heterocycles. The van der Waals surface area contributed by atoms with Gasteiger partial charge in [-0.3, -0.25) is 0 Å². The zero-order valence-corrected chi connectivity index (χ0v) is 8.29. The van der Waals surface area contributed by atoms with E-state index in [0.717, 1.165) is 11.8 Å². The molecule has 1 atom stereocenters. The maximum atomic E-state index is 5.92. The van der Waals surface area contributed by atoms with Crippen LogP contribution in [0, 0.1) is 11.8 Å². The van der Waals surface area contributed by atoms with Crippen LogP contribution in [0.3, 0.4) is 0 Å². The number of nitrogens with two attached hydrogens (primary N) is 1. The van der Waals surface area contributed by atoms with Crippen molar-refractivity contribution < 1.29 is 0 Å². The molecule has 68 valence electrons. The van der Waals surface area contributed by atoms with Gasteiger partial charge in [0.25, 0.3) is 0 Å². The molecule has 0 amide bonds. The van der Waals surface area contributed by atoms with Gasteiger partial charge in [-0.1, -0.05) is 12.8 Å². The molecule has 0 radical (unpaired) electrons. The van der Waals surface area contributed by atoms with Crippen LogP contribution in [0.1, 0.15) is 32.1 Å². The van der Waals surface area contributed by atoms with E-state index in [2.05, 4.69) is 0 Å². The van der Waals surface area contributed by atoms with Gasteiger partial charge >= 0.3 is 0 Å². The lowest BCUT2D eigenvalue weighted by atomic mass is 9.68. The monoisotopic (exact) mass is 197 g/mol. The van der Waals surface area contributed by atoms with Crippen molar-refractivity contribution in [3.05, 3.63) is 0 Å². The fourth-order valence-electron chi connectivity index (χ4n) is 2.43. The van der Waals surface area contributed by atoms with Crippen molar-refractivity contribution in [3.63, 3.8) is 0 Å². The Balaban J connectivity index is 0.000000500. The Labute approximate surface area is 80.9 Å². The fraction of sp³-hybridized carbons (Fsp3) is 1.00. The van der Waals surface area contributed by atoms with Gasteiger partial charge in [0.15, 0.2) is 0 Å². The largest absolute Gasteiger partial charge is 0.327 e. The molecule has 0 aromatic rings. The van der Waals surface area contributed by atoms with Crippen LogP contribution in [0.15, 0.2) is 0 Å². The summed E-state index contributed by atoms with van der Waals surface area (Å²) in [4.78, 5) is 0. The molecular weight excluding hydrogens is 181 g/mol. The minimum Gasteiger partial charge on any atom is -0.327 e. The number of halogens is 2. The maximum Gasteiger partial charge on any atom is 0.00698 e. The van der Waals surface area contributed by atoms with Crippen LogP contribution < -0.4 is 5.73 Å². The van der Waals surface area contributed by atoms with Crippen molar-refractivity contribution in [3.8, 4) is 0 Å². The first-order valence-electron chi connectivity index (χ1n) is 4.12. The van der Waals surface area contributed by atoms with Crippen molar-refractivity contribution in [1.82, 2.24) is 0 Å². The number of hydrogen-bond donors (Lipinski definition) is 1. The lowest BCUT2D eigenvalue weighted by Gasteiger charge is -2.40. The quantitative estimate of drug-likeness (QED) is 0.635. The molecule has 1 unspecified atom stereocenters. The van der Waals surface area contributed by atoms with E-state index in [1.165, 1.54) is 32.1 Å². The highest BCUT2D eigenvalue weighted by molar-refractivity contribution is 5.85. The van der Waals surface area contributed by atoms with Crippen LogP contribution in [0.5, 0.6) is 0 Å². The van der Waals surface area contributed by atoms with Crippen molar-refractivity contribution in [1.29, 1.82) is 0 Å². The van der Waals surface area contributed by atoms with Crippen LogP contribution in [0.25, 0.3) is 0 Å². The van der Waals surface area contributed by atoms with Gasteiger partial charge in [-0.25, -0.2) is 0 Å². The molecule has 3 fully saturated rings. The summed E-state index contributed by atoms with van der Waals surface area (Å²) in [7, 11) is 0. The Morgan fingerprint density at radius 1 is 0.909 bits per heavy atom. The van der Waals surface area contributed by atoms with Gasteiger partial charge in [-0.2, -0.15) is 0 Å². The summed E-state index contributed by atoms with van der Waals surface area (Å²) >= 11 is 0. The van der Waals surface area contributed by atoms with Crippen LogP contribution >= 0.6 is 24.8 Å². The van der Waals surface area contributed by atoms with E-state index in [9.17, 15) is 0 Å². The number of rotatable bonds is 0. The molecule has 3 rings (SSSR count). The maximum absolute atomic E-state index is 5.92. The summed E-state index contributed by atoms with van der Waals surface area (Å²) < 4.78 is 0. The molecular formula is C8H17Cl2N. The molecule has 0 aromatic heterocycles. The molecule has 3 aliphatic carbocycles. The van der Waals surface area contributed by atoms with Gasteiger partial charge < -0.3 is 5.73 Å². The Morgan fingerprint density at radius 3 is 1.64 bits per heavy atom. The first kappa shape index (κ1) is 11.5. The Kier molecular flexibility index (Phi) is 4.76. The Morgan fingerprint density at radius 2 is 1.45 bits per heavy atom. The summed E-state index contributed by atoms with van der Waals surface area (Å²) in [5.74, 6) is 1.90. The Hall–Kier alpha value is 0.540. The second kappa shape index (κ2) is 4.54. The van der Waals surface area contributed by atoms with Crippen molar-refractivity contribution >= 4 is 24.8 Å². The molecule has 11 heavy (non-hydrogen) atoms. The van der Waals surface area contributed by atoms with E-state index in [1.807, 2.05) is 0 Å². The van der Waals surface area contributed by atoms with E-state index >= 15 is 0 Å². The Bertz CT molecular complexity index is 111. The minimum atomic E-state index is 0. The van der Waals surface area contributed by atoms with E-state index in [1.54, 1.807) is 0 Å². The lowest BCUT2D eigenvalue weighted by Crippen LogP contribution is -2.40. The topological polar surface area (TPSA) is 26.0 Å². The summed E-state index contributed by atoms with van der Waals surface area (Å²) in [5.41, 5.74) is 5.92. The highest BCUT2D eigenvalue weighted by atomic mass is 35.5. The van der Waals surface area contributed by atoms with E-state index in [-0.39, 0.29) is 24.8 Å². The third-order valence-electron chi connectivity index (χ3n) is 3.10. The average Bonchev–Trinajstić information content (AvgIpc) is 1.90. The lowest BCUT2D eigenvalue weighted by molar-refractivity contribution is 0.147. The molecule has 3 saturated carbocycles. The van der Waals surface area contributed by atoms with Gasteiger partial charge in [0.05, 0.1) is 0 Å². The van der Waals surface area contributed by atoms with Crippen molar-refractivity contribution in [2.75, 3.05) is 0 Å². The van der Waals surface area contributed by atoms with Gasteiger partial charge in [0, 0.05) is 6.04 Å². The molecule has 2 bridgehead atoms. The molecule has 0 heterocycles. The van der Waals surface area contributed by atoms with Gasteiger partial charge in [-0.15, -0.1) is 24.8 Å². The zero-order valence-electron chi connectivity index (χ0n) is 6.66. The predicted molar refractivity (Wildman–Crippen MR) is 52.5 cm³/mol.